The predicted molar refractivity (Wildman–Crippen MR) is 205 cm³/mol. The van der Waals surface area contributed by atoms with E-state index in [0.29, 0.717) is 0 Å². The number of nitrogens with two attached hydrogens (primary N) is 4. The molecule has 0 radical (unpaired) electrons. The number of ether oxygens (including phenoxy) is 3. The second-order valence-electron chi connectivity index (χ2n) is 14.5. The van der Waals surface area contributed by atoms with Gasteiger partial charge in [0, 0.05) is 6.54 Å². The first-order chi connectivity index (χ1) is 30.0. The van der Waals surface area contributed by atoms with Crippen molar-refractivity contribution in [3.63, 3.8) is 0 Å². The molecule has 6 aromatic rings. The van der Waals surface area contributed by atoms with Crippen LogP contribution in [0.4, 0.5) is 17.5 Å². The number of imidazole rings is 3. The fraction of sp³-hybridized carbons (Fsp3) is 0.500. The number of anilines is 3. The van der Waals surface area contributed by atoms with Gasteiger partial charge in [-0.1, -0.05) is 0 Å². The second kappa shape index (κ2) is 16.2. The number of aliphatic hydroxyl groups is 4. The summed E-state index contributed by atoms with van der Waals surface area (Å²) in [6.07, 6.45) is -13.7. The van der Waals surface area contributed by atoms with Crippen LogP contribution in [-0.4, -0.2) is 162 Å². The summed E-state index contributed by atoms with van der Waals surface area (Å²) >= 11 is 0. The van der Waals surface area contributed by atoms with Crippen LogP contribution in [-0.2, 0) is 36.9 Å². The average molecular weight is 925 g/mol. The molecular weight excluding hydrogens is 886 g/mol. The Morgan fingerprint density at radius 1 is 0.635 bits per heavy atom. The SMILES string of the molecule is NCC1OC(n2cnc3c(N)ncnc32)C(C(OP(=O)(O)O)C2OC(n3cnc4c(N)ncnc43)C(OP(=O)(O)OCC3OC(n4cnc5c(N)ncnc54)C(O)C3O)C2O)C1O. The van der Waals surface area contributed by atoms with E-state index in [1.165, 1.54) is 21.8 Å². The van der Waals surface area contributed by atoms with Gasteiger partial charge >= 0.3 is 15.6 Å². The molecule has 3 saturated heterocycles. The molecule has 33 heteroatoms. The van der Waals surface area contributed by atoms with Crippen molar-refractivity contribution < 1.29 is 72.0 Å². The van der Waals surface area contributed by atoms with Gasteiger partial charge in [-0.3, -0.25) is 27.3 Å². The Bertz CT molecular complexity index is 2760. The van der Waals surface area contributed by atoms with Crippen LogP contribution in [0.15, 0.2) is 38.0 Å². The van der Waals surface area contributed by atoms with Gasteiger partial charge in [-0.05, 0) is 0 Å². The highest BCUT2D eigenvalue weighted by atomic mass is 31.2. The standard InChI is InChI=1S/C30H38N16O15P2/c31-1-9-15(47)11(28(57-9)44-6-41-12-22(32)35-3-38-25(12)44)19(60-62(51,52)53)20-18(50)21(30(59-20)46-8-43-14-24(34)37-5-40-27(14)46)61-63(54,55)56-2-10-16(48)17(49)29(58-10)45-7-42-13-23(33)36-4-39-26(13)45/h3-11,15-21,28-30,47-50H,1-2,31H2,(H,54,55)(H2,32,35,38)(H2,33,36,39)(H2,34,37,40)(H2,51,52,53). The lowest BCUT2D eigenvalue weighted by atomic mass is 9.88. The molecule has 9 heterocycles. The Morgan fingerprint density at radius 3 is 1.63 bits per heavy atom. The monoisotopic (exact) mass is 924 g/mol. The van der Waals surface area contributed by atoms with Crippen LogP contribution in [0.2, 0.25) is 0 Å². The van der Waals surface area contributed by atoms with Gasteiger partial charge < -0.3 is 72.3 Å². The van der Waals surface area contributed by atoms with E-state index in [2.05, 4.69) is 44.9 Å². The predicted octanol–water partition coefficient (Wildman–Crippen LogP) is -4.06. The highest BCUT2D eigenvalue weighted by molar-refractivity contribution is 7.47. The molecule has 3 aliphatic rings. The Morgan fingerprint density at radius 2 is 1.13 bits per heavy atom. The molecule has 3 fully saturated rings. The topological polar surface area (TPSA) is 466 Å². The van der Waals surface area contributed by atoms with Crippen molar-refractivity contribution >= 4 is 66.6 Å². The highest BCUT2D eigenvalue weighted by Gasteiger charge is 2.60. The van der Waals surface area contributed by atoms with Gasteiger partial charge in [0.1, 0.15) is 84.5 Å². The van der Waals surface area contributed by atoms with Crippen LogP contribution >= 0.6 is 15.6 Å². The number of nitrogen functional groups attached to an aromatic ring is 3. The Balaban J connectivity index is 1.04. The molecule has 0 bridgehead atoms. The largest absolute Gasteiger partial charge is 0.472 e. The van der Waals surface area contributed by atoms with Gasteiger partial charge in [-0.2, -0.15) is 0 Å². The van der Waals surface area contributed by atoms with Gasteiger partial charge in [-0.15, -0.1) is 0 Å². The first-order valence-corrected chi connectivity index (χ1v) is 21.6. The van der Waals surface area contributed by atoms with Crippen molar-refractivity contribution in [2.24, 2.45) is 11.7 Å². The lowest BCUT2D eigenvalue weighted by Gasteiger charge is -2.34. The van der Waals surface area contributed by atoms with Crippen molar-refractivity contribution in [1.29, 1.82) is 0 Å². The van der Waals surface area contributed by atoms with Gasteiger partial charge in [0.15, 0.2) is 46.9 Å². The molecule has 14 unspecified atom stereocenters. The normalized spacial score (nSPS) is 31.7. The Hall–Kier alpha value is -5.05. The number of phosphoric ester groups is 2. The van der Waals surface area contributed by atoms with Gasteiger partial charge in [0.25, 0.3) is 0 Å². The minimum absolute atomic E-state index is 0.0169. The summed E-state index contributed by atoms with van der Waals surface area (Å²) < 4.78 is 64.4. The lowest BCUT2D eigenvalue weighted by molar-refractivity contribution is -0.122. The smallest absolute Gasteiger partial charge is 0.390 e. The summed E-state index contributed by atoms with van der Waals surface area (Å²) in [6, 6.07) is 0. The number of phosphoric acid groups is 2. The zero-order valence-electron chi connectivity index (χ0n) is 31.9. The molecule has 0 amide bonds. The van der Waals surface area contributed by atoms with E-state index in [9.17, 15) is 44.2 Å². The number of hydrogen-bond donors (Lipinski definition) is 11. The number of aromatic nitrogens is 12. The van der Waals surface area contributed by atoms with E-state index < -0.39 is 102 Å². The third-order valence-corrected chi connectivity index (χ3v) is 12.3. The molecule has 338 valence electrons. The van der Waals surface area contributed by atoms with E-state index in [1.807, 2.05) is 0 Å². The molecule has 15 N–H and O–H groups in total. The molecule has 0 aromatic carbocycles. The second-order valence-corrected chi connectivity index (χ2v) is 17.1. The molecule has 0 aliphatic carbocycles. The molecule has 0 saturated carbocycles. The number of fused-ring (bicyclic) bond motifs is 3. The highest BCUT2D eigenvalue weighted by Crippen LogP contribution is 2.54. The zero-order chi connectivity index (χ0) is 44.7. The number of hydrogen-bond acceptors (Lipinski definition) is 25. The van der Waals surface area contributed by atoms with E-state index in [1.54, 1.807) is 0 Å². The van der Waals surface area contributed by atoms with Gasteiger partial charge in [-0.25, -0.2) is 54.0 Å². The lowest BCUT2D eigenvalue weighted by Crippen LogP contribution is -2.49. The maximum Gasteiger partial charge on any atom is 0.472 e. The Labute approximate surface area is 350 Å². The summed E-state index contributed by atoms with van der Waals surface area (Å²) in [5, 5.41) is 45.6. The molecule has 63 heavy (non-hydrogen) atoms. The quantitative estimate of drug-likeness (QED) is 0.0491. The molecule has 6 aromatic heterocycles. The minimum Gasteiger partial charge on any atom is -0.390 e. The summed E-state index contributed by atoms with van der Waals surface area (Å²) in [4.78, 5) is 68.3. The molecule has 3 aliphatic heterocycles. The first-order valence-electron chi connectivity index (χ1n) is 18.5. The molecular formula is C30H38N16O15P2. The van der Waals surface area contributed by atoms with Crippen molar-refractivity contribution in [3.8, 4) is 0 Å². The summed E-state index contributed by atoms with van der Waals surface area (Å²) in [7, 11) is -11.0. The van der Waals surface area contributed by atoms with Crippen LogP contribution in [0.5, 0.6) is 0 Å². The third kappa shape index (κ3) is 7.65. The van der Waals surface area contributed by atoms with Crippen LogP contribution in [0.25, 0.3) is 33.5 Å². The molecule has 31 nitrogen and oxygen atoms in total. The maximum absolute atomic E-state index is 13.8. The van der Waals surface area contributed by atoms with Crippen LogP contribution in [0.1, 0.15) is 18.7 Å². The summed E-state index contributed by atoms with van der Waals surface area (Å²) in [5.74, 6) is -1.69. The number of nitrogens with zero attached hydrogens (tertiary/aromatic N) is 12. The van der Waals surface area contributed by atoms with Crippen LogP contribution < -0.4 is 22.9 Å². The zero-order valence-corrected chi connectivity index (χ0v) is 33.6. The minimum atomic E-state index is -5.59. The first kappa shape index (κ1) is 43.2. The fourth-order valence-corrected chi connectivity index (χ4v) is 9.49. The number of rotatable bonds is 13. The van der Waals surface area contributed by atoms with Crippen LogP contribution in [0, 0.1) is 5.92 Å². The van der Waals surface area contributed by atoms with Crippen molar-refractivity contribution in [2.45, 2.75) is 73.6 Å². The number of aliphatic hydroxyl groups excluding tert-OH is 4. The summed E-state index contributed by atoms with van der Waals surface area (Å²) in [5.41, 5.74) is 24.2. The fourth-order valence-electron chi connectivity index (χ4n) is 7.98. The van der Waals surface area contributed by atoms with Crippen LogP contribution in [0.3, 0.4) is 0 Å². The van der Waals surface area contributed by atoms with Gasteiger partial charge in [0.2, 0.25) is 0 Å². The van der Waals surface area contributed by atoms with E-state index in [0.717, 1.165) is 29.9 Å². The Kier molecular flexibility index (Phi) is 11.1. The average Bonchev–Trinajstić information content (AvgIpc) is 4.09. The van der Waals surface area contributed by atoms with Gasteiger partial charge in [0.05, 0.1) is 43.7 Å². The molecule has 0 spiro atoms. The third-order valence-electron chi connectivity index (χ3n) is 10.8. The maximum atomic E-state index is 13.8. The molecule has 14 atom stereocenters. The van der Waals surface area contributed by atoms with E-state index in [4.69, 9.17) is 50.7 Å². The van der Waals surface area contributed by atoms with E-state index >= 15 is 0 Å². The van der Waals surface area contributed by atoms with Crippen molar-refractivity contribution in [1.82, 2.24) is 58.6 Å². The molecule has 9 rings (SSSR count). The van der Waals surface area contributed by atoms with Crippen molar-refractivity contribution in [2.75, 3.05) is 30.4 Å². The van der Waals surface area contributed by atoms with Crippen molar-refractivity contribution in [3.05, 3.63) is 38.0 Å². The van der Waals surface area contributed by atoms with E-state index in [-0.39, 0.29) is 57.5 Å². The summed E-state index contributed by atoms with van der Waals surface area (Å²) in [6.45, 7) is -1.22.